The Bertz CT molecular complexity index is 1090. The van der Waals surface area contributed by atoms with Gasteiger partial charge < -0.3 is 0 Å². The Labute approximate surface area is 183 Å². The third kappa shape index (κ3) is 4.11. The SMILES string of the molecule is O=[N+]([O-])c1cc(-c2cc(Cl)c(Cl)cc2Cl)cnc1-c1cc(Cl)c(Cl)cc1Cl. The third-order valence-corrected chi connectivity index (χ3v) is 5.72. The monoisotopic (exact) mass is 480 g/mol. The van der Waals surface area contributed by atoms with Crippen LogP contribution in [0.3, 0.4) is 0 Å². The number of nitro groups is 1. The van der Waals surface area contributed by atoms with Crippen molar-refractivity contribution in [1.29, 1.82) is 0 Å². The molecule has 0 aliphatic carbocycles. The summed E-state index contributed by atoms with van der Waals surface area (Å²) in [5.41, 5.74) is 0.890. The Morgan fingerprint density at radius 3 is 1.74 bits per heavy atom. The number of rotatable bonds is 3. The lowest BCUT2D eigenvalue weighted by molar-refractivity contribution is -0.384. The van der Waals surface area contributed by atoms with Crippen molar-refractivity contribution < 1.29 is 4.92 Å². The number of nitrogens with zero attached hydrogens (tertiary/aromatic N) is 2. The van der Waals surface area contributed by atoms with E-state index in [1.807, 2.05) is 0 Å². The summed E-state index contributed by atoms with van der Waals surface area (Å²) in [7, 11) is 0. The zero-order valence-electron chi connectivity index (χ0n) is 12.9. The van der Waals surface area contributed by atoms with Gasteiger partial charge in [-0.3, -0.25) is 10.1 Å². The van der Waals surface area contributed by atoms with Crippen LogP contribution < -0.4 is 0 Å². The molecule has 10 heteroatoms. The highest BCUT2D eigenvalue weighted by molar-refractivity contribution is 6.44. The first-order valence-electron chi connectivity index (χ1n) is 7.13. The number of hydrogen-bond acceptors (Lipinski definition) is 3. The van der Waals surface area contributed by atoms with Crippen LogP contribution in [0.15, 0.2) is 36.5 Å². The van der Waals surface area contributed by atoms with Gasteiger partial charge in [-0.1, -0.05) is 69.6 Å². The fraction of sp³-hybridized carbons (Fsp3) is 0. The molecule has 27 heavy (non-hydrogen) atoms. The molecule has 0 fully saturated rings. The summed E-state index contributed by atoms with van der Waals surface area (Å²) in [5.74, 6) is 0. The first-order valence-corrected chi connectivity index (χ1v) is 9.40. The standard InChI is InChI=1S/C17H6Cl6N2O2/c18-10-4-14(22)12(20)2-8(10)7-1-16(25(26)27)17(24-6-7)9-3-13(21)15(23)5-11(9)19/h1-6H. The molecule has 0 bridgehead atoms. The molecule has 0 aliphatic heterocycles. The molecule has 0 spiro atoms. The van der Waals surface area contributed by atoms with Crippen LogP contribution >= 0.6 is 69.6 Å². The topological polar surface area (TPSA) is 56.0 Å². The Morgan fingerprint density at radius 1 is 0.704 bits per heavy atom. The molecule has 0 amide bonds. The number of benzene rings is 2. The van der Waals surface area contributed by atoms with Crippen LogP contribution in [0, 0.1) is 10.1 Å². The molecule has 0 saturated heterocycles. The van der Waals surface area contributed by atoms with Crippen LogP contribution in [0.5, 0.6) is 0 Å². The molecule has 0 atom stereocenters. The van der Waals surface area contributed by atoms with E-state index in [1.54, 1.807) is 0 Å². The van der Waals surface area contributed by atoms with Gasteiger partial charge >= 0.3 is 0 Å². The van der Waals surface area contributed by atoms with Gasteiger partial charge in [-0.15, -0.1) is 0 Å². The minimum absolute atomic E-state index is 0.0449. The molecule has 0 radical (unpaired) electrons. The fourth-order valence-electron chi connectivity index (χ4n) is 2.39. The van der Waals surface area contributed by atoms with Gasteiger partial charge in [0, 0.05) is 29.0 Å². The molecule has 0 N–H and O–H groups in total. The van der Waals surface area contributed by atoms with E-state index in [0.29, 0.717) is 11.1 Å². The quantitative estimate of drug-likeness (QED) is 0.214. The maximum absolute atomic E-state index is 11.6. The maximum Gasteiger partial charge on any atom is 0.296 e. The molecule has 1 aromatic heterocycles. The molecular formula is C17H6Cl6N2O2. The zero-order chi connectivity index (χ0) is 19.9. The minimum Gasteiger partial charge on any atom is -0.258 e. The Morgan fingerprint density at radius 2 is 1.19 bits per heavy atom. The summed E-state index contributed by atoms with van der Waals surface area (Å²) >= 11 is 36.3. The van der Waals surface area contributed by atoms with Crippen LogP contribution in [0.25, 0.3) is 22.4 Å². The Hall–Kier alpha value is -1.27. The van der Waals surface area contributed by atoms with Gasteiger partial charge in [-0.2, -0.15) is 0 Å². The Kier molecular flexibility index (Phi) is 6.06. The van der Waals surface area contributed by atoms with Gasteiger partial charge in [0.2, 0.25) is 0 Å². The van der Waals surface area contributed by atoms with E-state index < -0.39 is 4.92 Å². The maximum atomic E-state index is 11.6. The number of hydrogen-bond donors (Lipinski definition) is 0. The first-order chi connectivity index (χ1) is 12.7. The molecule has 1 heterocycles. The van der Waals surface area contributed by atoms with Crippen molar-refractivity contribution in [2.45, 2.75) is 0 Å². The van der Waals surface area contributed by atoms with Gasteiger partial charge in [0.1, 0.15) is 5.69 Å². The highest BCUT2D eigenvalue weighted by Gasteiger charge is 2.22. The van der Waals surface area contributed by atoms with Gasteiger partial charge in [0.05, 0.1) is 35.1 Å². The largest absolute Gasteiger partial charge is 0.296 e. The average Bonchev–Trinajstić information content (AvgIpc) is 2.61. The first kappa shape index (κ1) is 20.5. The number of halogens is 6. The molecule has 0 aliphatic rings. The normalized spacial score (nSPS) is 10.9. The van der Waals surface area contributed by atoms with Gasteiger partial charge in [0.15, 0.2) is 0 Å². The van der Waals surface area contributed by atoms with Crippen molar-refractivity contribution in [1.82, 2.24) is 4.98 Å². The van der Waals surface area contributed by atoms with E-state index in [2.05, 4.69) is 4.98 Å². The van der Waals surface area contributed by atoms with Crippen LogP contribution in [0.4, 0.5) is 5.69 Å². The van der Waals surface area contributed by atoms with Crippen molar-refractivity contribution in [3.8, 4) is 22.4 Å². The van der Waals surface area contributed by atoms with Crippen molar-refractivity contribution in [3.63, 3.8) is 0 Å². The van der Waals surface area contributed by atoms with Gasteiger partial charge in [-0.05, 0) is 24.3 Å². The average molecular weight is 483 g/mol. The summed E-state index contributed by atoms with van der Waals surface area (Å²) in [5, 5.41) is 13.0. The van der Waals surface area contributed by atoms with Crippen LogP contribution in [0.2, 0.25) is 30.1 Å². The van der Waals surface area contributed by atoms with Crippen molar-refractivity contribution >= 4 is 75.3 Å². The summed E-state index contributed by atoms with van der Waals surface area (Å²) in [6.07, 6.45) is 1.42. The van der Waals surface area contributed by atoms with E-state index >= 15 is 0 Å². The van der Waals surface area contributed by atoms with E-state index in [4.69, 9.17) is 69.6 Å². The van der Waals surface area contributed by atoms with Crippen LogP contribution in [-0.2, 0) is 0 Å². The van der Waals surface area contributed by atoms with E-state index in [1.165, 1.54) is 36.5 Å². The summed E-state index contributed by atoms with van der Waals surface area (Å²) < 4.78 is 0. The van der Waals surface area contributed by atoms with Crippen molar-refractivity contribution in [3.05, 3.63) is 76.8 Å². The molecular weight excluding hydrogens is 477 g/mol. The number of aromatic nitrogens is 1. The molecule has 0 unspecified atom stereocenters. The number of pyridine rings is 1. The zero-order valence-corrected chi connectivity index (χ0v) is 17.5. The molecule has 0 saturated carbocycles. The van der Waals surface area contributed by atoms with E-state index in [9.17, 15) is 10.1 Å². The van der Waals surface area contributed by atoms with Crippen molar-refractivity contribution in [2.75, 3.05) is 0 Å². The summed E-state index contributed by atoms with van der Waals surface area (Å²) in [4.78, 5) is 15.3. The lowest BCUT2D eigenvalue weighted by Gasteiger charge is -2.10. The predicted octanol–water partition coefficient (Wildman–Crippen LogP) is 8.24. The minimum atomic E-state index is -0.573. The Balaban J connectivity index is 2.22. The summed E-state index contributed by atoms with van der Waals surface area (Å²) in [6, 6.07) is 7.12. The van der Waals surface area contributed by atoms with Crippen LogP contribution in [-0.4, -0.2) is 9.91 Å². The second-order valence-electron chi connectivity index (χ2n) is 5.34. The molecule has 3 rings (SSSR count). The molecule has 3 aromatic rings. The lowest BCUT2D eigenvalue weighted by Crippen LogP contribution is -1.97. The van der Waals surface area contributed by atoms with E-state index in [0.717, 1.165) is 0 Å². The second-order valence-corrected chi connectivity index (χ2v) is 7.78. The third-order valence-electron chi connectivity index (χ3n) is 3.65. The molecule has 138 valence electrons. The summed E-state index contributed by atoms with van der Waals surface area (Å²) in [6.45, 7) is 0. The van der Waals surface area contributed by atoms with Gasteiger partial charge in [-0.25, -0.2) is 4.98 Å². The smallest absolute Gasteiger partial charge is 0.258 e. The second kappa shape index (κ2) is 8.00. The molecule has 4 nitrogen and oxygen atoms in total. The molecule has 2 aromatic carbocycles. The highest BCUT2D eigenvalue weighted by Crippen LogP contribution is 2.41. The lowest BCUT2D eigenvalue weighted by atomic mass is 10.0. The van der Waals surface area contributed by atoms with Crippen molar-refractivity contribution in [2.24, 2.45) is 0 Å². The fourth-order valence-corrected chi connectivity index (χ4v) is 3.69. The van der Waals surface area contributed by atoms with E-state index in [-0.39, 0.29) is 47.1 Å². The highest BCUT2D eigenvalue weighted by atomic mass is 35.5. The van der Waals surface area contributed by atoms with Gasteiger partial charge in [0.25, 0.3) is 5.69 Å². The predicted molar refractivity (Wildman–Crippen MR) is 112 cm³/mol. The van der Waals surface area contributed by atoms with Crippen LogP contribution in [0.1, 0.15) is 0 Å².